The number of hydrogen-bond acceptors (Lipinski definition) is 3. The zero-order valence-corrected chi connectivity index (χ0v) is 33.6. The Morgan fingerprint density at radius 2 is 0.649 bits per heavy atom. The summed E-state index contributed by atoms with van der Waals surface area (Å²) in [6, 6.07) is 28.7. The van der Waals surface area contributed by atoms with Crippen molar-refractivity contribution in [2.45, 2.75) is 66.6 Å². The van der Waals surface area contributed by atoms with Crippen molar-refractivity contribution in [1.29, 1.82) is 0 Å². The Labute approximate surface area is 259 Å². The van der Waals surface area contributed by atoms with E-state index in [0.717, 1.165) is 0 Å². The number of aryl methyl sites for hydroxylation is 3. The number of nitrogens with zero attached hydrogens (tertiary/aromatic N) is 3. The van der Waals surface area contributed by atoms with E-state index in [9.17, 15) is 0 Å². The number of hydrogen-bond donors (Lipinski definition) is 0. The number of anilines is 3. The van der Waals surface area contributed by atoms with Crippen LogP contribution in [0, 0.1) is 20.8 Å². The zero-order valence-electron chi connectivity index (χ0n) is 24.8. The molecule has 0 saturated carbocycles. The van der Waals surface area contributed by atoms with E-state index in [0.29, 0.717) is 0 Å². The van der Waals surface area contributed by atoms with Crippen LogP contribution >= 0.6 is 0 Å². The van der Waals surface area contributed by atoms with Crippen LogP contribution in [-0.4, -0.2) is 80.0 Å². The van der Waals surface area contributed by atoms with Crippen LogP contribution in [0.15, 0.2) is 72.8 Å². The Morgan fingerprint density at radius 1 is 0.432 bits per heavy atom. The molecule has 9 heteroatoms. The summed E-state index contributed by atoms with van der Waals surface area (Å²) in [6.07, 6.45) is 0. The molecule has 6 rings (SSSR count). The molecule has 0 atom stereocenters. The Kier molecular flexibility index (Phi) is 8.01. The standard InChI is InChI=1S/C28H42N3Si4.Na.Sn/c1-23-11-17-26(18-12-23)29-32(4,5)35(10,33(6,7)30-27-19-13-24(2)14-20-27)34(8,9)31-28-21-15-25(3)16-22-28;;/h11-22H,1-10H3;;/q-3;;+3. The molecule has 3 nitrogen and oxygen atoms in total. The smallest absolute Gasteiger partial charge is 0 e. The number of fused-ring (bicyclic) bond motifs is 3. The maximum atomic E-state index is 3.15. The zero-order chi connectivity index (χ0) is 26.3. The van der Waals surface area contributed by atoms with E-state index in [4.69, 9.17) is 0 Å². The molecular weight excluding hydrogens is 632 g/mol. The van der Waals surface area contributed by atoms with E-state index >= 15 is 0 Å². The quantitative estimate of drug-likeness (QED) is 0.278. The van der Waals surface area contributed by atoms with E-state index in [1.54, 1.807) is 0 Å². The summed E-state index contributed by atoms with van der Waals surface area (Å²) in [7, 11) is -5.17. The average Bonchev–Trinajstić information content (AvgIpc) is 2.80. The third-order valence-corrected chi connectivity index (χ3v) is 108. The van der Waals surface area contributed by atoms with E-state index in [2.05, 4.69) is 148 Å². The van der Waals surface area contributed by atoms with Crippen LogP contribution in [0.25, 0.3) is 0 Å². The molecule has 0 amide bonds. The van der Waals surface area contributed by atoms with Crippen LogP contribution in [-0.2, 0) is 0 Å². The van der Waals surface area contributed by atoms with Gasteiger partial charge in [0.05, 0.1) is 0 Å². The second-order valence-electron chi connectivity index (χ2n) is 12.6. The first-order valence-electron chi connectivity index (χ1n) is 13.2. The average molecular weight is 675 g/mol. The molecule has 37 heavy (non-hydrogen) atoms. The largest absolute Gasteiger partial charge is 0 e. The van der Waals surface area contributed by atoms with Gasteiger partial charge in [0, 0.05) is 29.6 Å². The van der Waals surface area contributed by atoms with Gasteiger partial charge < -0.3 is 0 Å². The van der Waals surface area contributed by atoms with Crippen LogP contribution in [0.3, 0.4) is 0 Å². The Balaban J connectivity index is 0.00000320. The molecule has 3 aliphatic heterocycles. The van der Waals surface area contributed by atoms with Gasteiger partial charge in [0.1, 0.15) is 0 Å². The van der Waals surface area contributed by atoms with Crippen LogP contribution in [0.4, 0.5) is 17.1 Å². The maximum Gasteiger partial charge on any atom is 0 e. The minimum atomic E-state index is -2.65. The third-order valence-electron chi connectivity index (χ3n) is 9.82. The van der Waals surface area contributed by atoms with Crippen molar-refractivity contribution in [2.75, 3.05) is 8.36 Å². The fraction of sp³-hybridized carbons (Fsp3) is 0.357. The van der Waals surface area contributed by atoms with Gasteiger partial charge in [-0.25, -0.2) is 0 Å². The van der Waals surface area contributed by atoms with Crippen molar-refractivity contribution in [3.8, 4) is 0 Å². The van der Waals surface area contributed by atoms with Crippen molar-refractivity contribution in [1.82, 2.24) is 0 Å². The molecule has 3 aromatic carbocycles. The molecule has 0 unspecified atom stereocenters. The molecule has 2 bridgehead atoms. The summed E-state index contributed by atoms with van der Waals surface area (Å²) in [5.41, 5.74) is 8.55. The van der Waals surface area contributed by atoms with E-state index < -0.39 is 50.5 Å². The minimum absolute atomic E-state index is 0. The molecular formula is C28H42N3NaSi4Sn. The van der Waals surface area contributed by atoms with Crippen LogP contribution in [0.2, 0.25) is 45.8 Å². The molecule has 3 fully saturated rings. The normalized spacial score (nSPS) is 21.1. The summed E-state index contributed by atoms with van der Waals surface area (Å²) in [4.78, 5) is 0. The first kappa shape index (κ1) is 29.7. The summed E-state index contributed by atoms with van der Waals surface area (Å²) in [5, 5.41) is 0. The van der Waals surface area contributed by atoms with Gasteiger partial charge in [-0.05, 0) is 0 Å². The second-order valence-corrected chi connectivity index (χ2v) is 59.4. The van der Waals surface area contributed by atoms with Gasteiger partial charge in [-0.2, -0.15) is 0 Å². The Hall–Kier alpha value is -0.274. The molecule has 0 aromatic heterocycles. The molecule has 0 N–H and O–H groups in total. The van der Waals surface area contributed by atoms with Crippen molar-refractivity contribution in [2.24, 2.45) is 0 Å². The Bertz CT molecular complexity index is 1120. The summed E-state index contributed by atoms with van der Waals surface area (Å²) < 4.78 is 9.45. The molecule has 2 radical (unpaired) electrons. The summed E-state index contributed by atoms with van der Waals surface area (Å²) in [5.74, 6) is 0. The van der Waals surface area contributed by atoms with Gasteiger partial charge in [0.25, 0.3) is 0 Å². The Morgan fingerprint density at radius 3 is 0.865 bits per heavy atom. The monoisotopic (exact) mass is 675 g/mol. The maximum absolute atomic E-state index is 3.15. The van der Waals surface area contributed by atoms with Gasteiger partial charge in [0.2, 0.25) is 0 Å². The van der Waals surface area contributed by atoms with E-state index in [1.165, 1.54) is 33.8 Å². The van der Waals surface area contributed by atoms with Crippen molar-refractivity contribution < 1.29 is 0 Å². The van der Waals surface area contributed by atoms with Crippen molar-refractivity contribution in [3.05, 3.63) is 89.5 Å². The van der Waals surface area contributed by atoms with Crippen LogP contribution in [0.5, 0.6) is 0 Å². The van der Waals surface area contributed by atoms with Crippen molar-refractivity contribution >= 4 is 97.1 Å². The van der Waals surface area contributed by atoms with Crippen LogP contribution < -0.4 is 8.36 Å². The van der Waals surface area contributed by atoms with Gasteiger partial charge in [0.15, 0.2) is 0 Å². The predicted molar refractivity (Wildman–Crippen MR) is 177 cm³/mol. The fourth-order valence-corrected chi connectivity index (χ4v) is 147. The predicted octanol–water partition coefficient (Wildman–Crippen LogP) is 6.99. The number of rotatable bonds is 3. The first-order chi connectivity index (χ1) is 16.7. The van der Waals surface area contributed by atoms with E-state index in [-0.39, 0.29) is 29.6 Å². The van der Waals surface area contributed by atoms with Gasteiger partial charge in [-0.3, -0.25) is 0 Å². The molecule has 3 aromatic rings. The minimum Gasteiger partial charge on any atom is 0 e. The molecule has 0 spiro atoms. The summed E-state index contributed by atoms with van der Waals surface area (Å²) in [6.45, 7) is 24.4. The second kappa shape index (κ2) is 9.97. The van der Waals surface area contributed by atoms with Gasteiger partial charge >= 0.3 is 232 Å². The first-order valence-corrected chi connectivity index (χ1v) is 31.4. The van der Waals surface area contributed by atoms with Gasteiger partial charge in [-0.15, -0.1) is 0 Å². The topological polar surface area (TPSA) is 9.72 Å². The molecule has 190 valence electrons. The molecule has 0 aliphatic carbocycles. The van der Waals surface area contributed by atoms with Gasteiger partial charge in [-0.1, -0.05) is 0 Å². The van der Waals surface area contributed by atoms with Crippen molar-refractivity contribution in [3.63, 3.8) is 0 Å². The number of benzene rings is 3. The summed E-state index contributed by atoms with van der Waals surface area (Å²) >= 11 is -2.65. The third kappa shape index (κ3) is 4.17. The molecule has 3 heterocycles. The molecule has 3 aliphatic rings. The van der Waals surface area contributed by atoms with E-state index in [1.807, 2.05) is 0 Å². The van der Waals surface area contributed by atoms with Crippen LogP contribution in [0.1, 0.15) is 16.7 Å². The fourth-order valence-electron chi connectivity index (χ4n) is 7.36. The SMILES string of the molecule is Cc1ccc([N]2[Sn]3[N](c4ccc(C)cc4)[Si](C)(C)[Si](C)([Si]2(C)C)[Si](C)(C)[N]3c2ccc(C)cc2)cc1.[Na]. The molecule has 3 saturated heterocycles.